The molecule has 1 N–H and O–H groups in total. The lowest BCUT2D eigenvalue weighted by molar-refractivity contribution is -0.126. The number of aryl methyl sites for hydroxylation is 2. The van der Waals surface area contributed by atoms with Gasteiger partial charge in [0.05, 0.1) is 11.8 Å². The highest BCUT2D eigenvalue weighted by Crippen LogP contribution is 2.24. The number of nitrogens with one attached hydrogen (secondary N) is 1. The van der Waals surface area contributed by atoms with Gasteiger partial charge in [-0.2, -0.15) is 0 Å². The topological polar surface area (TPSA) is 66.5 Å². The predicted molar refractivity (Wildman–Crippen MR) is 116 cm³/mol. The van der Waals surface area contributed by atoms with Crippen LogP contribution in [0.4, 0.5) is 4.39 Å². The molecule has 2 aromatic rings. The van der Waals surface area contributed by atoms with E-state index in [9.17, 15) is 17.6 Å². The zero-order valence-corrected chi connectivity index (χ0v) is 18.5. The van der Waals surface area contributed by atoms with Crippen LogP contribution in [0.15, 0.2) is 42.5 Å². The minimum atomic E-state index is -3.62. The van der Waals surface area contributed by atoms with Crippen LogP contribution in [-0.4, -0.2) is 31.7 Å². The molecule has 3 rings (SSSR count). The quantitative estimate of drug-likeness (QED) is 0.754. The van der Waals surface area contributed by atoms with Gasteiger partial charge in [-0.25, -0.2) is 17.1 Å². The summed E-state index contributed by atoms with van der Waals surface area (Å²) >= 11 is 0. The van der Waals surface area contributed by atoms with Gasteiger partial charge in [0.15, 0.2) is 0 Å². The van der Waals surface area contributed by atoms with Crippen LogP contribution < -0.4 is 5.32 Å². The summed E-state index contributed by atoms with van der Waals surface area (Å²) in [5.74, 6) is -1.15. The molecule has 0 spiro atoms. The average Bonchev–Trinajstić information content (AvgIpc) is 2.69. The molecule has 1 aliphatic rings. The van der Waals surface area contributed by atoms with Gasteiger partial charge >= 0.3 is 0 Å². The Morgan fingerprint density at radius 3 is 2.47 bits per heavy atom. The summed E-state index contributed by atoms with van der Waals surface area (Å²) in [6.45, 7) is 6.57. The van der Waals surface area contributed by atoms with Crippen molar-refractivity contribution >= 4 is 15.9 Å². The van der Waals surface area contributed by atoms with E-state index in [1.54, 1.807) is 6.07 Å². The lowest BCUT2D eigenvalue weighted by atomic mass is 9.95. The maximum Gasteiger partial charge on any atom is 0.223 e. The molecular formula is C23H29FN2O3S. The van der Waals surface area contributed by atoms with Gasteiger partial charge in [-0.15, -0.1) is 0 Å². The number of carbonyl (C=O) groups excluding carboxylic acids is 1. The first-order valence-electron chi connectivity index (χ1n) is 10.3. The molecule has 1 aliphatic heterocycles. The first-order chi connectivity index (χ1) is 14.2. The third kappa shape index (κ3) is 5.26. The zero-order chi connectivity index (χ0) is 21.9. The largest absolute Gasteiger partial charge is 0.349 e. The maximum absolute atomic E-state index is 13.8. The van der Waals surface area contributed by atoms with Crippen LogP contribution in [0.2, 0.25) is 0 Å². The van der Waals surface area contributed by atoms with Crippen LogP contribution >= 0.6 is 0 Å². The molecule has 162 valence electrons. The van der Waals surface area contributed by atoms with Gasteiger partial charge in [0.25, 0.3) is 0 Å². The molecule has 0 aromatic heterocycles. The number of benzene rings is 2. The SMILES string of the molecule is Cc1ccc([C@@H](C)NC(=O)C2CCN(S(=O)(=O)Cc3ccccc3F)CC2)c(C)c1. The first kappa shape index (κ1) is 22.4. The van der Waals surface area contributed by atoms with E-state index >= 15 is 0 Å². The fraction of sp³-hybridized carbons (Fsp3) is 0.435. The standard InChI is InChI=1S/C23H29FN2O3S/c1-16-8-9-21(17(2)14-16)18(3)25-23(27)19-10-12-26(13-11-19)30(28,29)15-20-6-4-5-7-22(20)24/h4-9,14,18-19H,10-13,15H2,1-3H3,(H,25,27)/t18-/m1/s1. The highest BCUT2D eigenvalue weighted by molar-refractivity contribution is 7.88. The van der Waals surface area contributed by atoms with Crippen molar-refractivity contribution < 1.29 is 17.6 Å². The van der Waals surface area contributed by atoms with Gasteiger partial charge < -0.3 is 5.32 Å². The fourth-order valence-corrected chi connectivity index (χ4v) is 5.60. The van der Waals surface area contributed by atoms with Crippen molar-refractivity contribution in [3.05, 3.63) is 70.5 Å². The van der Waals surface area contributed by atoms with Gasteiger partial charge in [-0.3, -0.25) is 4.79 Å². The number of sulfonamides is 1. The summed E-state index contributed by atoms with van der Waals surface area (Å²) in [7, 11) is -3.62. The third-order valence-corrected chi connectivity index (χ3v) is 7.59. The summed E-state index contributed by atoms with van der Waals surface area (Å²) in [6, 6.07) is 12.0. The average molecular weight is 433 g/mol. The van der Waals surface area contributed by atoms with E-state index in [0.29, 0.717) is 12.8 Å². The molecule has 0 unspecified atom stereocenters. The highest BCUT2D eigenvalue weighted by atomic mass is 32.2. The van der Waals surface area contributed by atoms with Crippen LogP contribution in [0.3, 0.4) is 0 Å². The minimum Gasteiger partial charge on any atom is -0.349 e. The molecule has 1 amide bonds. The van der Waals surface area contributed by atoms with Crippen LogP contribution in [0.5, 0.6) is 0 Å². The van der Waals surface area contributed by atoms with E-state index in [-0.39, 0.29) is 42.3 Å². The Bertz CT molecular complexity index is 1010. The van der Waals surface area contributed by atoms with Crippen molar-refractivity contribution in [3.8, 4) is 0 Å². The third-order valence-electron chi connectivity index (χ3n) is 5.76. The molecule has 2 aromatic carbocycles. The normalized spacial score (nSPS) is 16.9. The van der Waals surface area contributed by atoms with Gasteiger partial charge in [-0.1, -0.05) is 42.0 Å². The molecule has 1 saturated heterocycles. The molecule has 1 atom stereocenters. The number of rotatable bonds is 6. The Morgan fingerprint density at radius 2 is 1.83 bits per heavy atom. The summed E-state index contributed by atoms with van der Waals surface area (Å²) in [5.41, 5.74) is 3.56. The molecule has 1 heterocycles. The lowest BCUT2D eigenvalue weighted by Crippen LogP contribution is -2.43. The number of nitrogens with zero attached hydrogens (tertiary/aromatic N) is 1. The molecule has 0 bridgehead atoms. The van der Waals surface area contributed by atoms with Gasteiger partial charge in [0.1, 0.15) is 5.82 Å². The number of piperidine rings is 1. The second-order valence-electron chi connectivity index (χ2n) is 8.11. The lowest BCUT2D eigenvalue weighted by Gasteiger charge is -2.31. The zero-order valence-electron chi connectivity index (χ0n) is 17.7. The van der Waals surface area contributed by atoms with Crippen LogP contribution in [0, 0.1) is 25.6 Å². The Hall–Kier alpha value is -2.25. The van der Waals surface area contributed by atoms with E-state index in [0.717, 1.165) is 11.1 Å². The fourth-order valence-electron chi connectivity index (χ4n) is 4.02. The molecule has 0 saturated carbocycles. The Morgan fingerprint density at radius 1 is 1.17 bits per heavy atom. The number of halogens is 1. The van der Waals surface area contributed by atoms with E-state index in [2.05, 4.69) is 11.4 Å². The summed E-state index contributed by atoms with van der Waals surface area (Å²) in [5, 5.41) is 3.07. The van der Waals surface area contributed by atoms with Crippen LogP contribution in [-0.2, 0) is 20.6 Å². The van der Waals surface area contributed by atoms with Crippen LogP contribution in [0.1, 0.15) is 48.1 Å². The Balaban J connectivity index is 1.56. The number of hydrogen-bond acceptors (Lipinski definition) is 3. The molecule has 0 radical (unpaired) electrons. The van der Waals surface area contributed by atoms with Gasteiger partial charge in [0, 0.05) is 24.6 Å². The summed E-state index contributed by atoms with van der Waals surface area (Å²) in [6.07, 6.45) is 0.921. The molecule has 30 heavy (non-hydrogen) atoms. The second kappa shape index (κ2) is 9.27. The molecule has 5 nitrogen and oxygen atoms in total. The maximum atomic E-state index is 13.8. The van der Waals surface area contributed by atoms with E-state index < -0.39 is 15.8 Å². The van der Waals surface area contributed by atoms with E-state index in [1.807, 2.05) is 32.9 Å². The molecule has 0 aliphatic carbocycles. The summed E-state index contributed by atoms with van der Waals surface area (Å²) in [4.78, 5) is 12.7. The Kier molecular flexibility index (Phi) is 6.93. The minimum absolute atomic E-state index is 0.0476. The highest BCUT2D eigenvalue weighted by Gasteiger charge is 2.32. The van der Waals surface area contributed by atoms with Crippen molar-refractivity contribution in [2.24, 2.45) is 5.92 Å². The van der Waals surface area contributed by atoms with Crippen molar-refractivity contribution in [3.63, 3.8) is 0 Å². The smallest absolute Gasteiger partial charge is 0.223 e. The Labute approximate surface area is 178 Å². The number of carbonyl (C=O) groups is 1. The van der Waals surface area contributed by atoms with E-state index in [4.69, 9.17) is 0 Å². The first-order valence-corrected chi connectivity index (χ1v) is 11.9. The van der Waals surface area contributed by atoms with Gasteiger partial charge in [0.2, 0.25) is 15.9 Å². The van der Waals surface area contributed by atoms with E-state index in [1.165, 1.54) is 28.1 Å². The number of amides is 1. The molecular weight excluding hydrogens is 403 g/mol. The monoisotopic (exact) mass is 432 g/mol. The van der Waals surface area contributed by atoms with Crippen LogP contribution in [0.25, 0.3) is 0 Å². The molecule has 1 fully saturated rings. The predicted octanol–water partition coefficient (Wildman–Crippen LogP) is 3.86. The summed E-state index contributed by atoms with van der Waals surface area (Å²) < 4.78 is 40.5. The van der Waals surface area contributed by atoms with Crippen molar-refractivity contribution in [2.75, 3.05) is 13.1 Å². The van der Waals surface area contributed by atoms with Crippen molar-refractivity contribution in [2.45, 2.75) is 45.4 Å². The van der Waals surface area contributed by atoms with Crippen molar-refractivity contribution in [1.82, 2.24) is 9.62 Å². The van der Waals surface area contributed by atoms with Crippen molar-refractivity contribution in [1.29, 1.82) is 0 Å². The second-order valence-corrected chi connectivity index (χ2v) is 10.1. The van der Waals surface area contributed by atoms with Gasteiger partial charge in [-0.05, 0) is 50.8 Å². The number of hydrogen-bond donors (Lipinski definition) is 1. The molecule has 7 heteroatoms.